The maximum absolute atomic E-state index is 7.04. The summed E-state index contributed by atoms with van der Waals surface area (Å²) in [5, 5.41) is 16.8. The Balaban J connectivity index is 2.08. The number of aromatic nitrogens is 2. The van der Waals surface area contributed by atoms with Gasteiger partial charge in [-0.05, 0) is 11.4 Å². The van der Waals surface area contributed by atoms with E-state index in [4.69, 9.17) is 15.6 Å². The zero-order valence-corrected chi connectivity index (χ0v) is 9.27. The molecule has 7 heteroatoms. The van der Waals surface area contributed by atoms with Gasteiger partial charge in [-0.2, -0.15) is 0 Å². The van der Waals surface area contributed by atoms with E-state index in [1.165, 1.54) is 0 Å². The van der Waals surface area contributed by atoms with Crippen LogP contribution in [0.5, 0.6) is 0 Å². The molecule has 78 valence electrons. The molecule has 0 atom stereocenters. The van der Waals surface area contributed by atoms with Crippen molar-refractivity contribution in [3.63, 3.8) is 0 Å². The summed E-state index contributed by atoms with van der Waals surface area (Å²) in [4.78, 5) is 0.946. The first-order valence-electron chi connectivity index (χ1n) is 4.09. The zero-order chi connectivity index (χ0) is 10.7. The predicted octanol–water partition coefficient (Wildman–Crippen LogP) is 1.92. The number of rotatable bonds is 3. The lowest BCUT2D eigenvalue weighted by Crippen LogP contribution is -2.03. The highest BCUT2D eigenvalue weighted by Crippen LogP contribution is 2.23. The number of hydrogen-bond donors (Lipinski definition) is 2. The van der Waals surface area contributed by atoms with E-state index in [9.17, 15) is 0 Å². The van der Waals surface area contributed by atoms with Gasteiger partial charge in [-0.1, -0.05) is 17.8 Å². The number of thioether (sulfide) groups is 1. The number of nitrogens with one attached hydrogen (secondary N) is 1. The van der Waals surface area contributed by atoms with Crippen LogP contribution >= 0.6 is 23.1 Å². The Bertz CT molecular complexity index is 451. The highest BCUT2D eigenvalue weighted by molar-refractivity contribution is 8.12. The number of amidine groups is 1. The number of nitrogens with zero attached hydrogens (tertiary/aromatic N) is 2. The Hall–Kier alpha value is -1.34. The summed E-state index contributed by atoms with van der Waals surface area (Å²) in [5.41, 5.74) is 5.20. The number of hydrogen-bond acceptors (Lipinski definition) is 6. The Morgan fingerprint density at radius 3 is 3.13 bits per heavy atom. The largest absolute Gasteiger partial charge is 0.419 e. The third kappa shape index (κ3) is 2.57. The minimum atomic E-state index is 0.0471. The average molecular weight is 240 g/mol. The van der Waals surface area contributed by atoms with Crippen LogP contribution in [0, 0.1) is 5.41 Å². The molecule has 0 amide bonds. The molecule has 0 aromatic carbocycles. The van der Waals surface area contributed by atoms with E-state index in [1.807, 2.05) is 17.5 Å². The van der Waals surface area contributed by atoms with Crippen LogP contribution in [0.25, 0.3) is 10.8 Å². The van der Waals surface area contributed by atoms with Gasteiger partial charge in [-0.25, -0.2) is 0 Å². The smallest absolute Gasteiger partial charge is 0.257 e. The molecule has 0 aliphatic carbocycles. The fourth-order valence-electron chi connectivity index (χ4n) is 0.951. The lowest BCUT2D eigenvalue weighted by Gasteiger charge is -1.91. The lowest BCUT2D eigenvalue weighted by atomic mass is 10.5. The molecule has 0 saturated carbocycles. The fourth-order valence-corrected chi connectivity index (χ4v) is 1.99. The van der Waals surface area contributed by atoms with Gasteiger partial charge in [0.25, 0.3) is 5.89 Å². The Kier molecular flexibility index (Phi) is 3.02. The van der Waals surface area contributed by atoms with E-state index < -0.39 is 0 Å². The van der Waals surface area contributed by atoms with Crippen molar-refractivity contribution >= 4 is 28.3 Å². The fraction of sp³-hybridized carbons (Fsp3) is 0.125. The normalized spacial score (nSPS) is 10.4. The van der Waals surface area contributed by atoms with Crippen molar-refractivity contribution in [2.75, 3.05) is 0 Å². The molecule has 0 aliphatic rings. The summed E-state index contributed by atoms with van der Waals surface area (Å²) < 4.78 is 5.39. The van der Waals surface area contributed by atoms with Gasteiger partial charge in [0.1, 0.15) is 0 Å². The molecule has 2 aromatic heterocycles. The predicted molar refractivity (Wildman–Crippen MR) is 60.8 cm³/mol. The summed E-state index contributed by atoms with van der Waals surface area (Å²) >= 11 is 2.71. The third-order valence-corrected chi connectivity index (χ3v) is 3.11. The Labute approximate surface area is 94.2 Å². The summed E-state index contributed by atoms with van der Waals surface area (Å²) in [6, 6.07) is 3.84. The van der Waals surface area contributed by atoms with Crippen LogP contribution in [0.15, 0.2) is 21.9 Å². The molecule has 2 aromatic rings. The molecule has 5 nitrogen and oxygen atoms in total. The highest BCUT2D eigenvalue weighted by atomic mass is 32.2. The highest BCUT2D eigenvalue weighted by Gasteiger charge is 2.09. The third-order valence-electron chi connectivity index (χ3n) is 1.55. The van der Waals surface area contributed by atoms with Crippen molar-refractivity contribution in [2.24, 2.45) is 5.73 Å². The summed E-state index contributed by atoms with van der Waals surface area (Å²) in [6.45, 7) is 0. The minimum absolute atomic E-state index is 0.0471. The zero-order valence-electron chi connectivity index (χ0n) is 7.64. The van der Waals surface area contributed by atoms with Crippen LogP contribution in [0.1, 0.15) is 5.89 Å². The summed E-state index contributed by atoms with van der Waals surface area (Å²) in [6.07, 6.45) is 0. The van der Waals surface area contributed by atoms with Gasteiger partial charge in [-0.15, -0.1) is 21.5 Å². The average Bonchev–Trinajstić information content (AvgIpc) is 2.85. The molecule has 2 heterocycles. The van der Waals surface area contributed by atoms with Crippen molar-refractivity contribution in [2.45, 2.75) is 5.75 Å². The molecular weight excluding hydrogens is 232 g/mol. The molecule has 0 saturated heterocycles. The minimum Gasteiger partial charge on any atom is -0.419 e. The SMILES string of the molecule is N=C(N)SCc1nnc(-c2cccs2)o1. The van der Waals surface area contributed by atoms with Crippen molar-refractivity contribution < 1.29 is 4.42 Å². The second-order valence-corrected chi connectivity index (χ2v) is 4.60. The number of thiophene rings is 1. The second-order valence-electron chi connectivity index (χ2n) is 2.63. The summed E-state index contributed by atoms with van der Waals surface area (Å²) in [5.74, 6) is 1.44. The molecule has 0 aliphatic heterocycles. The van der Waals surface area contributed by atoms with Gasteiger partial charge >= 0.3 is 0 Å². The molecule has 3 N–H and O–H groups in total. The van der Waals surface area contributed by atoms with Gasteiger partial charge in [0.2, 0.25) is 5.89 Å². The first kappa shape index (κ1) is 10.2. The van der Waals surface area contributed by atoms with Crippen molar-refractivity contribution in [3.8, 4) is 10.8 Å². The van der Waals surface area contributed by atoms with Crippen LogP contribution in [0.4, 0.5) is 0 Å². The molecule has 0 spiro atoms. The first-order chi connectivity index (χ1) is 7.25. The van der Waals surface area contributed by atoms with Gasteiger partial charge in [-0.3, -0.25) is 5.41 Å². The van der Waals surface area contributed by atoms with Gasteiger partial charge in [0, 0.05) is 0 Å². The van der Waals surface area contributed by atoms with Crippen LogP contribution in [0.3, 0.4) is 0 Å². The van der Waals surface area contributed by atoms with Gasteiger partial charge in [0.15, 0.2) is 5.17 Å². The van der Waals surface area contributed by atoms with E-state index in [1.54, 1.807) is 11.3 Å². The van der Waals surface area contributed by atoms with E-state index in [-0.39, 0.29) is 5.17 Å². The maximum atomic E-state index is 7.04. The topological polar surface area (TPSA) is 88.8 Å². The first-order valence-corrected chi connectivity index (χ1v) is 5.95. The lowest BCUT2D eigenvalue weighted by molar-refractivity contribution is 0.530. The van der Waals surface area contributed by atoms with Crippen LogP contribution in [-0.4, -0.2) is 15.4 Å². The monoisotopic (exact) mass is 240 g/mol. The quantitative estimate of drug-likeness (QED) is 0.632. The molecule has 2 rings (SSSR count). The van der Waals surface area contributed by atoms with Crippen LogP contribution in [0.2, 0.25) is 0 Å². The van der Waals surface area contributed by atoms with Crippen LogP contribution in [-0.2, 0) is 5.75 Å². The summed E-state index contributed by atoms with van der Waals surface area (Å²) in [7, 11) is 0. The maximum Gasteiger partial charge on any atom is 0.257 e. The Morgan fingerprint density at radius 1 is 1.60 bits per heavy atom. The molecule has 0 radical (unpaired) electrons. The number of nitrogens with two attached hydrogens (primary N) is 1. The Morgan fingerprint density at radius 2 is 2.47 bits per heavy atom. The van der Waals surface area contributed by atoms with E-state index in [0.717, 1.165) is 16.6 Å². The molecule has 15 heavy (non-hydrogen) atoms. The second kappa shape index (κ2) is 4.45. The molecule has 0 unspecified atom stereocenters. The van der Waals surface area contributed by atoms with E-state index >= 15 is 0 Å². The van der Waals surface area contributed by atoms with Crippen molar-refractivity contribution in [1.29, 1.82) is 5.41 Å². The molecular formula is C8H8N4OS2. The van der Waals surface area contributed by atoms with Crippen molar-refractivity contribution in [3.05, 3.63) is 23.4 Å². The van der Waals surface area contributed by atoms with E-state index in [2.05, 4.69) is 10.2 Å². The standard InChI is InChI=1S/C8H8N4OS2/c9-8(10)15-4-6-11-12-7(13-6)5-2-1-3-14-5/h1-3H,4H2,(H3,9,10). The van der Waals surface area contributed by atoms with Crippen molar-refractivity contribution in [1.82, 2.24) is 10.2 Å². The molecule has 0 fully saturated rings. The van der Waals surface area contributed by atoms with Crippen LogP contribution < -0.4 is 5.73 Å². The molecule has 0 bridgehead atoms. The van der Waals surface area contributed by atoms with Gasteiger partial charge in [0.05, 0.1) is 10.6 Å². The van der Waals surface area contributed by atoms with E-state index in [0.29, 0.717) is 17.5 Å². The van der Waals surface area contributed by atoms with Gasteiger partial charge < -0.3 is 10.2 Å².